The fourth-order valence-corrected chi connectivity index (χ4v) is 2.12. The van der Waals surface area contributed by atoms with Crippen LogP contribution in [0.3, 0.4) is 0 Å². The highest BCUT2D eigenvalue weighted by Crippen LogP contribution is 2.21. The fraction of sp³-hybridized carbons (Fsp3) is 0.750. The maximum absolute atomic E-state index is 11.6. The molecule has 1 aromatic heterocycles. The molecule has 0 aliphatic rings. The van der Waals surface area contributed by atoms with E-state index in [9.17, 15) is 8.42 Å². The summed E-state index contributed by atoms with van der Waals surface area (Å²) in [7, 11) is 0.321. The highest BCUT2D eigenvalue weighted by Gasteiger charge is 2.29. The molecule has 1 heterocycles. The summed E-state index contributed by atoms with van der Waals surface area (Å²) < 4.78 is 29.4. The molecule has 0 aromatic carbocycles. The van der Waals surface area contributed by atoms with Crippen molar-refractivity contribution < 1.29 is 13.2 Å². The molecule has 6 nitrogen and oxygen atoms in total. The molecule has 0 saturated carbocycles. The third-order valence-corrected chi connectivity index (χ3v) is 5.49. The van der Waals surface area contributed by atoms with Crippen LogP contribution in [0, 0.1) is 6.92 Å². The van der Waals surface area contributed by atoms with E-state index in [0.717, 1.165) is 11.3 Å². The zero-order valence-corrected chi connectivity index (χ0v) is 13.3. The van der Waals surface area contributed by atoms with Gasteiger partial charge in [-0.3, -0.25) is 0 Å². The average molecular weight is 289 g/mol. The first kappa shape index (κ1) is 16.0. The van der Waals surface area contributed by atoms with E-state index in [1.165, 1.54) is 6.26 Å². The van der Waals surface area contributed by atoms with Gasteiger partial charge in [-0.25, -0.2) is 13.1 Å². The molecule has 0 aliphatic carbocycles. The molecule has 0 atom stereocenters. The Bertz CT molecular complexity index is 547. The summed E-state index contributed by atoms with van der Waals surface area (Å²) in [4.78, 5) is 0. The largest absolute Gasteiger partial charge is 0.481 e. The zero-order valence-electron chi connectivity index (χ0n) is 12.4. The molecule has 19 heavy (non-hydrogen) atoms. The van der Waals surface area contributed by atoms with Crippen molar-refractivity contribution in [2.45, 2.75) is 32.1 Å². The van der Waals surface area contributed by atoms with Crippen LogP contribution in [0.15, 0.2) is 0 Å². The van der Waals surface area contributed by atoms with Gasteiger partial charge in [0.2, 0.25) is 5.88 Å². The molecule has 0 amide bonds. The van der Waals surface area contributed by atoms with Crippen molar-refractivity contribution in [3.63, 3.8) is 0 Å². The standard InChI is InChI=1S/C12H23N3O3S/c1-9-10(11(18-5)15(4)14-9)7-13-8-12(2,3)19(6,16)17/h13H,7-8H2,1-6H3. The third-order valence-electron chi connectivity index (χ3n) is 3.34. The van der Waals surface area contributed by atoms with Crippen LogP contribution in [0.1, 0.15) is 25.1 Å². The Hall–Kier alpha value is -1.08. The van der Waals surface area contributed by atoms with Crippen molar-refractivity contribution in [1.82, 2.24) is 15.1 Å². The zero-order chi connectivity index (χ0) is 14.8. The van der Waals surface area contributed by atoms with Gasteiger partial charge in [0.15, 0.2) is 9.84 Å². The van der Waals surface area contributed by atoms with Crippen LogP contribution < -0.4 is 10.1 Å². The lowest BCUT2D eigenvalue weighted by Crippen LogP contribution is -2.41. The summed E-state index contributed by atoms with van der Waals surface area (Å²) in [5.41, 5.74) is 1.83. The van der Waals surface area contributed by atoms with Crippen LogP contribution in [0.25, 0.3) is 0 Å². The first-order valence-corrected chi connectivity index (χ1v) is 7.96. The van der Waals surface area contributed by atoms with E-state index in [-0.39, 0.29) is 0 Å². The summed E-state index contributed by atoms with van der Waals surface area (Å²) in [5.74, 6) is 0.696. The van der Waals surface area contributed by atoms with Crippen molar-refractivity contribution in [3.05, 3.63) is 11.3 Å². The Morgan fingerprint density at radius 2 is 2.00 bits per heavy atom. The first-order valence-electron chi connectivity index (χ1n) is 6.07. The second kappa shape index (κ2) is 5.50. The van der Waals surface area contributed by atoms with Crippen molar-refractivity contribution >= 4 is 9.84 Å². The molecule has 1 N–H and O–H groups in total. The van der Waals surface area contributed by atoms with Gasteiger partial charge in [-0.15, -0.1) is 0 Å². The first-order chi connectivity index (χ1) is 8.60. The minimum absolute atomic E-state index is 0.378. The minimum atomic E-state index is -3.09. The summed E-state index contributed by atoms with van der Waals surface area (Å²) in [6, 6.07) is 0. The van der Waals surface area contributed by atoms with Gasteiger partial charge in [0.25, 0.3) is 0 Å². The van der Waals surface area contributed by atoms with E-state index < -0.39 is 14.6 Å². The number of nitrogens with one attached hydrogen (secondary N) is 1. The van der Waals surface area contributed by atoms with Crippen LogP contribution in [0.4, 0.5) is 0 Å². The van der Waals surface area contributed by atoms with Crippen molar-refractivity contribution in [2.24, 2.45) is 7.05 Å². The molecule has 1 rings (SSSR count). The predicted molar refractivity (Wildman–Crippen MR) is 75.1 cm³/mol. The van der Waals surface area contributed by atoms with Gasteiger partial charge in [0, 0.05) is 26.4 Å². The minimum Gasteiger partial charge on any atom is -0.481 e. The Morgan fingerprint density at radius 1 is 1.42 bits per heavy atom. The summed E-state index contributed by atoms with van der Waals surface area (Å²) in [6.07, 6.45) is 1.25. The summed E-state index contributed by atoms with van der Waals surface area (Å²) >= 11 is 0. The molecule has 0 spiro atoms. The number of nitrogens with zero attached hydrogens (tertiary/aromatic N) is 2. The van der Waals surface area contributed by atoms with Gasteiger partial charge in [-0.1, -0.05) is 0 Å². The summed E-state index contributed by atoms with van der Waals surface area (Å²) in [6.45, 7) is 6.23. The Balaban J connectivity index is 2.74. The Labute approximate surface area is 115 Å². The number of methoxy groups -OCH3 is 1. The lowest BCUT2D eigenvalue weighted by molar-refractivity contribution is 0.367. The number of hydrogen-bond acceptors (Lipinski definition) is 5. The predicted octanol–water partition coefficient (Wildman–Crippen LogP) is 0.650. The van der Waals surface area contributed by atoms with E-state index in [4.69, 9.17) is 4.74 Å². The van der Waals surface area contributed by atoms with Gasteiger partial charge in [0.1, 0.15) is 0 Å². The third kappa shape index (κ3) is 3.48. The van der Waals surface area contributed by atoms with Crippen molar-refractivity contribution in [1.29, 1.82) is 0 Å². The number of rotatable bonds is 6. The van der Waals surface area contributed by atoms with Crippen LogP contribution in [0.2, 0.25) is 0 Å². The van der Waals surface area contributed by atoms with E-state index >= 15 is 0 Å². The second-order valence-corrected chi connectivity index (χ2v) is 7.98. The van der Waals surface area contributed by atoms with Gasteiger partial charge >= 0.3 is 0 Å². The molecule has 0 fully saturated rings. The number of sulfone groups is 1. The maximum Gasteiger partial charge on any atom is 0.216 e. The van der Waals surface area contributed by atoms with Crippen LogP contribution in [-0.4, -0.2) is 42.9 Å². The van der Waals surface area contributed by atoms with Crippen molar-refractivity contribution in [2.75, 3.05) is 19.9 Å². The van der Waals surface area contributed by atoms with E-state index in [2.05, 4.69) is 10.4 Å². The van der Waals surface area contributed by atoms with Gasteiger partial charge < -0.3 is 10.1 Å². The molecule has 0 bridgehead atoms. The Kier molecular flexibility index (Phi) is 4.63. The van der Waals surface area contributed by atoms with Gasteiger partial charge in [-0.05, 0) is 20.8 Å². The molecule has 0 saturated heterocycles. The average Bonchev–Trinajstić information content (AvgIpc) is 2.51. The van der Waals surface area contributed by atoms with Crippen LogP contribution in [0.5, 0.6) is 5.88 Å². The molecule has 110 valence electrons. The van der Waals surface area contributed by atoms with Crippen molar-refractivity contribution in [3.8, 4) is 5.88 Å². The highest BCUT2D eigenvalue weighted by molar-refractivity contribution is 7.92. The van der Waals surface area contributed by atoms with Crippen LogP contribution >= 0.6 is 0 Å². The fourth-order valence-electron chi connectivity index (χ4n) is 1.76. The van der Waals surface area contributed by atoms with E-state index in [1.54, 1.807) is 25.6 Å². The molecule has 0 unspecified atom stereocenters. The van der Waals surface area contributed by atoms with E-state index in [0.29, 0.717) is 19.0 Å². The molecule has 0 radical (unpaired) electrons. The maximum atomic E-state index is 11.6. The second-order valence-electron chi connectivity index (χ2n) is 5.33. The lowest BCUT2D eigenvalue weighted by Gasteiger charge is -2.22. The van der Waals surface area contributed by atoms with Gasteiger partial charge in [0.05, 0.1) is 23.1 Å². The number of ether oxygens (including phenoxy) is 1. The topological polar surface area (TPSA) is 73.2 Å². The number of aromatic nitrogens is 2. The quantitative estimate of drug-likeness (QED) is 0.832. The van der Waals surface area contributed by atoms with E-state index in [1.807, 2.05) is 14.0 Å². The monoisotopic (exact) mass is 289 g/mol. The SMILES string of the molecule is COc1c(CNCC(C)(C)S(C)(=O)=O)c(C)nn1C. The number of aryl methyl sites for hydroxylation is 2. The molecular formula is C12H23N3O3S. The molecule has 1 aromatic rings. The highest BCUT2D eigenvalue weighted by atomic mass is 32.2. The normalized spacial score (nSPS) is 12.7. The molecular weight excluding hydrogens is 266 g/mol. The summed E-state index contributed by atoms with van der Waals surface area (Å²) in [5, 5.41) is 7.44. The lowest BCUT2D eigenvalue weighted by atomic mass is 10.2. The smallest absolute Gasteiger partial charge is 0.216 e. The van der Waals surface area contributed by atoms with Gasteiger partial charge in [-0.2, -0.15) is 5.10 Å². The number of hydrogen-bond donors (Lipinski definition) is 1. The molecule has 7 heteroatoms. The Morgan fingerprint density at radius 3 is 2.47 bits per heavy atom. The van der Waals surface area contributed by atoms with Crippen LogP contribution in [-0.2, 0) is 23.4 Å². The molecule has 0 aliphatic heterocycles.